The van der Waals surface area contributed by atoms with Crippen molar-refractivity contribution < 1.29 is 8.42 Å². The van der Waals surface area contributed by atoms with Crippen molar-refractivity contribution in [3.05, 3.63) is 27.7 Å². The summed E-state index contributed by atoms with van der Waals surface area (Å²) in [5.41, 5.74) is 0. The Bertz CT molecular complexity index is 557. The zero-order valence-corrected chi connectivity index (χ0v) is 13.7. The number of piperidine rings is 1. The van der Waals surface area contributed by atoms with Crippen molar-refractivity contribution >= 4 is 37.6 Å². The average Bonchev–Trinajstić information content (AvgIpc) is 2.38. The topological polar surface area (TPSA) is 49.4 Å². The predicted octanol–water partition coefficient (Wildman–Crippen LogP) is 2.48. The number of nitrogens with one attached hydrogen (secondary N) is 1. The van der Waals surface area contributed by atoms with Crippen LogP contribution in [0.3, 0.4) is 0 Å². The fourth-order valence-corrected chi connectivity index (χ4v) is 5.02. The van der Waals surface area contributed by atoms with Gasteiger partial charge in [-0.05, 0) is 54.0 Å². The van der Waals surface area contributed by atoms with Crippen molar-refractivity contribution in [2.24, 2.45) is 0 Å². The number of rotatable bonds is 3. The molecule has 1 aromatic carbocycles. The summed E-state index contributed by atoms with van der Waals surface area (Å²) in [5, 5.41) is 3.70. The van der Waals surface area contributed by atoms with Gasteiger partial charge in [0.05, 0.1) is 4.90 Å². The molecule has 1 aliphatic heterocycles. The van der Waals surface area contributed by atoms with Gasteiger partial charge in [-0.2, -0.15) is 4.31 Å². The SMILES string of the molecule is CNC1CCN(S(=O)(=O)c2ccc(Cl)cc2Br)CC1. The minimum atomic E-state index is -3.44. The van der Waals surface area contributed by atoms with Gasteiger partial charge < -0.3 is 5.32 Å². The molecule has 0 amide bonds. The zero-order valence-electron chi connectivity index (χ0n) is 10.6. The molecule has 0 atom stereocenters. The van der Waals surface area contributed by atoms with Gasteiger partial charge >= 0.3 is 0 Å². The Balaban J connectivity index is 2.23. The van der Waals surface area contributed by atoms with Gasteiger partial charge in [0.25, 0.3) is 0 Å². The molecule has 0 aromatic heterocycles. The molecule has 0 spiro atoms. The number of hydrogen-bond donors (Lipinski definition) is 1. The van der Waals surface area contributed by atoms with Crippen LogP contribution in [0.5, 0.6) is 0 Å². The Hall–Kier alpha value is -0.140. The smallest absolute Gasteiger partial charge is 0.244 e. The molecule has 0 saturated carbocycles. The first kappa shape index (κ1) is 15.3. The van der Waals surface area contributed by atoms with Crippen molar-refractivity contribution in [2.75, 3.05) is 20.1 Å². The van der Waals surface area contributed by atoms with Crippen molar-refractivity contribution in [2.45, 2.75) is 23.8 Å². The van der Waals surface area contributed by atoms with Crippen LogP contribution in [-0.2, 0) is 10.0 Å². The first-order valence-corrected chi connectivity index (χ1v) is 8.68. The molecular formula is C12H16BrClN2O2S. The van der Waals surface area contributed by atoms with Crippen LogP contribution < -0.4 is 5.32 Å². The van der Waals surface area contributed by atoms with Crippen LogP contribution in [-0.4, -0.2) is 38.9 Å². The van der Waals surface area contributed by atoms with E-state index in [-0.39, 0.29) is 4.90 Å². The fourth-order valence-electron chi connectivity index (χ4n) is 2.21. The van der Waals surface area contributed by atoms with Gasteiger partial charge in [-0.3, -0.25) is 0 Å². The summed E-state index contributed by atoms with van der Waals surface area (Å²) in [6, 6.07) is 5.15. The Labute approximate surface area is 127 Å². The Kier molecular flexibility index (Phi) is 4.89. The third-order valence-electron chi connectivity index (χ3n) is 3.37. The molecule has 1 heterocycles. The second-order valence-electron chi connectivity index (χ2n) is 4.54. The van der Waals surface area contributed by atoms with E-state index in [0.29, 0.717) is 28.6 Å². The molecular weight excluding hydrogens is 352 g/mol. The highest BCUT2D eigenvalue weighted by atomic mass is 79.9. The van der Waals surface area contributed by atoms with E-state index in [1.54, 1.807) is 18.2 Å². The summed E-state index contributed by atoms with van der Waals surface area (Å²) in [6.07, 6.45) is 1.67. The van der Waals surface area contributed by atoms with E-state index in [1.165, 1.54) is 4.31 Å². The lowest BCUT2D eigenvalue weighted by molar-refractivity contribution is 0.298. The van der Waals surface area contributed by atoms with E-state index in [1.807, 2.05) is 7.05 Å². The number of nitrogens with zero attached hydrogens (tertiary/aromatic N) is 1. The zero-order chi connectivity index (χ0) is 14.0. The lowest BCUT2D eigenvalue weighted by atomic mass is 10.1. The van der Waals surface area contributed by atoms with Crippen LogP contribution in [0.15, 0.2) is 27.6 Å². The average molecular weight is 368 g/mol. The summed E-state index contributed by atoms with van der Waals surface area (Å²) >= 11 is 9.12. The molecule has 0 unspecified atom stereocenters. The summed E-state index contributed by atoms with van der Waals surface area (Å²) in [7, 11) is -1.53. The number of sulfonamides is 1. The summed E-state index contributed by atoms with van der Waals surface area (Å²) in [5.74, 6) is 0. The molecule has 0 bridgehead atoms. The van der Waals surface area contributed by atoms with Crippen molar-refractivity contribution in [1.82, 2.24) is 9.62 Å². The van der Waals surface area contributed by atoms with Gasteiger partial charge in [0.15, 0.2) is 0 Å². The summed E-state index contributed by atoms with van der Waals surface area (Å²) < 4.78 is 27.1. The highest BCUT2D eigenvalue weighted by Gasteiger charge is 2.30. The van der Waals surface area contributed by atoms with E-state index in [2.05, 4.69) is 21.2 Å². The van der Waals surface area contributed by atoms with Crippen LogP contribution in [0.1, 0.15) is 12.8 Å². The van der Waals surface area contributed by atoms with Crippen molar-refractivity contribution in [3.63, 3.8) is 0 Å². The van der Waals surface area contributed by atoms with E-state index < -0.39 is 10.0 Å². The monoisotopic (exact) mass is 366 g/mol. The molecule has 19 heavy (non-hydrogen) atoms. The highest BCUT2D eigenvalue weighted by Crippen LogP contribution is 2.29. The highest BCUT2D eigenvalue weighted by molar-refractivity contribution is 9.10. The van der Waals surface area contributed by atoms with Gasteiger partial charge in [-0.25, -0.2) is 8.42 Å². The molecule has 1 N–H and O–H groups in total. The van der Waals surface area contributed by atoms with Crippen molar-refractivity contribution in [1.29, 1.82) is 0 Å². The Morgan fingerprint density at radius 1 is 1.37 bits per heavy atom. The van der Waals surface area contributed by atoms with Gasteiger partial charge in [0, 0.05) is 28.6 Å². The number of halogens is 2. The van der Waals surface area contributed by atoms with Crippen molar-refractivity contribution in [3.8, 4) is 0 Å². The van der Waals surface area contributed by atoms with Gasteiger partial charge in [-0.15, -0.1) is 0 Å². The quantitative estimate of drug-likeness (QED) is 0.893. The van der Waals surface area contributed by atoms with Gasteiger partial charge in [0.1, 0.15) is 0 Å². The fraction of sp³-hybridized carbons (Fsp3) is 0.500. The van der Waals surface area contributed by atoms with E-state index >= 15 is 0 Å². The largest absolute Gasteiger partial charge is 0.317 e. The van der Waals surface area contributed by atoms with Gasteiger partial charge in [-0.1, -0.05) is 11.6 Å². The lowest BCUT2D eigenvalue weighted by Gasteiger charge is -2.31. The summed E-state index contributed by atoms with van der Waals surface area (Å²) in [4.78, 5) is 0.278. The maximum atomic E-state index is 12.5. The standard InChI is InChI=1S/C12H16BrClN2O2S/c1-15-10-4-6-16(7-5-10)19(17,18)12-3-2-9(14)8-11(12)13/h2-3,8,10,15H,4-7H2,1H3. The second-order valence-corrected chi connectivity index (χ2v) is 7.74. The first-order chi connectivity index (χ1) is 8.95. The molecule has 0 aliphatic carbocycles. The van der Waals surface area contributed by atoms with Crippen LogP contribution in [0.2, 0.25) is 5.02 Å². The molecule has 4 nitrogen and oxygen atoms in total. The number of hydrogen-bond acceptors (Lipinski definition) is 3. The number of benzene rings is 1. The second kappa shape index (κ2) is 6.10. The molecule has 1 aliphatic rings. The molecule has 7 heteroatoms. The first-order valence-electron chi connectivity index (χ1n) is 6.07. The third kappa shape index (κ3) is 3.31. The van der Waals surface area contributed by atoms with Crippen LogP contribution in [0.25, 0.3) is 0 Å². The summed E-state index contributed by atoms with van der Waals surface area (Å²) in [6.45, 7) is 1.09. The van der Waals surface area contributed by atoms with Crippen LogP contribution in [0.4, 0.5) is 0 Å². The molecule has 0 radical (unpaired) electrons. The minimum absolute atomic E-state index is 0.278. The van der Waals surface area contributed by atoms with Crippen LogP contribution in [0, 0.1) is 0 Å². The normalized spacial score (nSPS) is 18.7. The maximum absolute atomic E-state index is 12.5. The van der Waals surface area contributed by atoms with E-state index in [0.717, 1.165) is 12.8 Å². The predicted molar refractivity (Wildman–Crippen MR) is 80.0 cm³/mol. The van der Waals surface area contributed by atoms with Crippen LogP contribution >= 0.6 is 27.5 Å². The minimum Gasteiger partial charge on any atom is -0.317 e. The molecule has 1 saturated heterocycles. The van der Waals surface area contributed by atoms with E-state index in [4.69, 9.17) is 11.6 Å². The Morgan fingerprint density at radius 3 is 2.53 bits per heavy atom. The molecule has 106 valence electrons. The van der Waals surface area contributed by atoms with E-state index in [9.17, 15) is 8.42 Å². The molecule has 1 fully saturated rings. The molecule has 1 aromatic rings. The molecule has 2 rings (SSSR count). The lowest BCUT2D eigenvalue weighted by Crippen LogP contribution is -2.43. The maximum Gasteiger partial charge on any atom is 0.244 e. The third-order valence-corrected chi connectivity index (χ3v) is 6.48. The van der Waals surface area contributed by atoms with Gasteiger partial charge in [0.2, 0.25) is 10.0 Å². The Morgan fingerprint density at radius 2 is 2.00 bits per heavy atom.